The molecule has 6 nitrogen and oxygen atoms in total. The van der Waals surface area contributed by atoms with Crippen molar-refractivity contribution in [2.45, 2.75) is 32.4 Å². The summed E-state index contributed by atoms with van der Waals surface area (Å²) in [6, 6.07) is 6.49. The highest BCUT2D eigenvalue weighted by Gasteiger charge is 2.27. The van der Waals surface area contributed by atoms with Crippen molar-refractivity contribution in [1.82, 2.24) is 24.8 Å². The highest BCUT2D eigenvalue weighted by molar-refractivity contribution is 7.13. The zero-order valence-electron chi connectivity index (χ0n) is 14.1. The van der Waals surface area contributed by atoms with Gasteiger partial charge in [-0.3, -0.25) is 9.88 Å². The van der Waals surface area contributed by atoms with Gasteiger partial charge in [0.05, 0.1) is 11.7 Å². The molecule has 4 rings (SSSR count). The van der Waals surface area contributed by atoms with Crippen molar-refractivity contribution in [1.29, 1.82) is 0 Å². The van der Waals surface area contributed by atoms with E-state index in [0.717, 1.165) is 42.0 Å². The topological polar surface area (TPSA) is 66.8 Å². The standard InChI is InChI=1S/C18H20N6S/c1-13-21-15(10-17(22-13)23-18-20-7-9-25-18)16-5-3-8-24(16)12-14-4-2-6-19-11-14/h2,4,6-7,9-11,16H,3,5,8,12H2,1H3,(H,20,21,22,23). The summed E-state index contributed by atoms with van der Waals surface area (Å²) >= 11 is 1.56. The van der Waals surface area contributed by atoms with Crippen LogP contribution < -0.4 is 5.32 Å². The highest BCUT2D eigenvalue weighted by atomic mass is 32.1. The summed E-state index contributed by atoms with van der Waals surface area (Å²) in [5, 5.41) is 6.08. The molecule has 0 radical (unpaired) electrons. The molecule has 25 heavy (non-hydrogen) atoms. The third-order valence-electron chi connectivity index (χ3n) is 4.34. The molecule has 1 aliphatic heterocycles. The Hall–Kier alpha value is -2.38. The van der Waals surface area contributed by atoms with Crippen molar-refractivity contribution in [3.63, 3.8) is 0 Å². The minimum atomic E-state index is 0.318. The number of aryl methyl sites for hydroxylation is 1. The van der Waals surface area contributed by atoms with E-state index in [1.807, 2.05) is 30.8 Å². The van der Waals surface area contributed by atoms with Crippen molar-refractivity contribution >= 4 is 22.3 Å². The first-order valence-electron chi connectivity index (χ1n) is 8.43. The molecule has 1 saturated heterocycles. The molecule has 4 heterocycles. The van der Waals surface area contributed by atoms with E-state index in [0.29, 0.717) is 6.04 Å². The van der Waals surface area contributed by atoms with Gasteiger partial charge < -0.3 is 5.32 Å². The lowest BCUT2D eigenvalue weighted by Gasteiger charge is -2.24. The maximum Gasteiger partial charge on any atom is 0.188 e. The van der Waals surface area contributed by atoms with Crippen LogP contribution in [-0.2, 0) is 6.54 Å². The maximum absolute atomic E-state index is 4.71. The second kappa shape index (κ2) is 7.25. The van der Waals surface area contributed by atoms with Gasteiger partial charge in [0.2, 0.25) is 0 Å². The van der Waals surface area contributed by atoms with Crippen molar-refractivity contribution in [2.75, 3.05) is 11.9 Å². The fraction of sp³-hybridized carbons (Fsp3) is 0.333. The number of nitrogens with one attached hydrogen (secondary N) is 1. The normalized spacial score (nSPS) is 17.7. The van der Waals surface area contributed by atoms with Gasteiger partial charge in [-0.05, 0) is 37.9 Å². The molecule has 0 saturated carbocycles. The van der Waals surface area contributed by atoms with Crippen LogP contribution in [0.1, 0.15) is 36.0 Å². The van der Waals surface area contributed by atoms with Crippen LogP contribution in [0.2, 0.25) is 0 Å². The van der Waals surface area contributed by atoms with E-state index in [1.165, 1.54) is 12.0 Å². The second-order valence-corrected chi connectivity index (χ2v) is 7.07. The average molecular weight is 352 g/mol. The van der Waals surface area contributed by atoms with Gasteiger partial charge in [0.25, 0.3) is 0 Å². The lowest BCUT2D eigenvalue weighted by atomic mass is 10.1. The van der Waals surface area contributed by atoms with Crippen molar-refractivity contribution in [3.05, 3.63) is 59.3 Å². The quantitative estimate of drug-likeness (QED) is 0.755. The lowest BCUT2D eigenvalue weighted by molar-refractivity contribution is 0.244. The largest absolute Gasteiger partial charge is 0.316 e. The van der Waals surface area contributed by atoms with Gasteiger partial charge in [0.1, 0.15) is 11.6 Å². The molecule has 3 aromatic heterocycles. The van der Waals surface area contributed by atoms with Gasteiger partial charge in [0, 0.05) is 36.6 Å². The minimum Gasteiger partial charge on any atom is -0.316 e. The SMILES string of the molecule is Cc1nc(Nc2nccs2)cc(C2CCCN2Cc2cccnc2)n1. The molecular formula is C18H20N6S. The Morgan fingerprint density at radius 3 is 3.08 bits per heavy atom. The third-order valence-corrected chi connectivity index (χ3v) is 5.03. The van der Waals surface area contributed by atoms with Crippen LogP contribution in [-0.4, -0.2) is 31.4 Å². The van der Waals surface area contributed by atoms with E-state index in [1.54, 1.807) is 17.5 Å². The number of aromatic nitrogens is 4. The number of rotatable bonds is 5. The minimum absolute atomic E-state index is 0.318. The Balaban J connectivity index is 1.56. The Morgan fingerprint density at radius 2 is 2.28 bits per heavy atom. The number of hydrogen-bond donors (Lipinski definition) is 1. The predicted octanol–water partition coefficient (Wildman–Crippen LogP) is 3.72. The van der Waals surface area contributed by atoms with E-state index in [2.05, 4.69) is 37.3 Å². The van der Waals surface area contributed by atoms with Crippen LogP contribution in [0.15, 0.2) is 42.2 Å². The molecule has 0 aromatic carbocycles. The Kier molecular flexibility index (Phi) is 4.67. The van der Waals surface area contributed by atoms with Gasteiger partial charge in [-0.15, -0.1) is 11.3 Å². The van der Waals surface area contributed by atoms with Gasteiger partial charge in [-0.2, -0.15) is 0 Å². The van der Waals surface area contributed by atoms with Crippen LogP contribution in [0, 0.1) is 6.92 Å². The average Bonchev–Trinajstić information content (AvgIpc) is 3.27. The van der Waals surface area contributed by atoms with Crippen molar-refractivity contribution in [3.8, 4) is 0 Å². The number of likely N-dealkylation sites (tertiary alicyclic amines) is 1. The number of hydrogen-bond acceptors (Lipinski definition) is 7. The summed E-state index contributed by atoms with van der Waals surface area (Å²) in [5.41, 5.74) is 2.31. The van der Waals surface area contributed by atoms with Gasteiger partial charge in [-0.25, -0.2) is 15.0 Å². The number of pyridine rings is 1. The van der Waals surface area contributed by atoms with Crippen LogP contribution in [0.5, 0.6) is 0 Å². The Morgan fingerprint density at radius 1 is 1.32 bits per heavy atom. The summed E-state index contributed by atoms with van der Waals surface area (Å²) in [4.78, 5) is 20.2. The summed E-state index contributed by atoms with van der Waals surface area (Å²) in [6.07, 6.45) is 7.84. The zero-order chi connectivity index (χ0) is 17.1. The summed E-state index contributed by atoms with van der Waals surface area (Å²) in [5.74, 6) is 1.59. The second-order valence-electron chi connectivity index (χ2n) is 6.18. The van der Waals surface area contributed by atoms with Gasteiger partial charge in [-0.1, -0.05) is 6.07 Å². The van der Waals surface area contributed by atoms with E-state index < -0.39 is 0 Å². The highest BCUT2D eigenvalue weighted by Crippen LogP contribution is 2.33. The van der Waals surface area contributed by atoms with E-state index >= 15 is 0 Å². The molecule has 1 fully saturated rings. The van der Waals surface area contributed by atoms with Crippen molar-refractivity contribution in [2.24, 2.45) is 0 Å². The fourth-order valence-electron chi connectivity index (χ4n) is 3.30. The summed E-state index contributed by atoms with van der Waals surface area (Å²) in [7, 11) is 0. The molecule has 1 N–H and O–H groups in total. The monoisotopic (exact) mass is 352 g/mol. The molecule has 0 amide bonds. The Labute approximate surface area is 151 Å². The number of nitrogens with zero attached hydrogens (tertiary/aromatic N) is 5. The molecule has 0 aliphatic carbocycles. The Bertz CT molecular complexity index is 821. The number of anilines is 2. The third kappa shape index (κ3) is 3.83. The lowest BCUT2D eigenvalue weighted by Crippen LogP contribution is -2.24. The van der Waals surface area contributed by atoms with Crippen LogP contribution in [0.4, 0.5) is 10.9 Å². The molecule has 128 valence electrons. The molecule has 0 bridgehead atoms. The van der Waals surface area contributed by atoms with E-state index in [4.69, 9.17) is 4.98 Å². The first-order valence-corrected chi connectivity index (χ1v) is 9.31. The maximum atomic E-state index is 4.71. The van der Waals surface area contributed by atoms with Crippen LogP contribution >= 0.6 is 11.3 Å². The van der Waals surface area contributed by atoms with E-state index in [9.17, 15) is 0 Å². The molecule has 1 atom stereocenters. The summed E-state index contributed by atoms with van der Waals surface area (Å²) < 4.78 is 0. The van der Waals surface area contributed by atoms with E-state index in [-0.39, 0.29) is 0 Å². The fourth-order valence-corrected chi connectivity index (χ4v) is 3.83. The molecule has 1 aliphatic rings. The van der Waals surface area contributed by atoms with Gasteiger partial charge >= 0.3 is 0 Å². The predicted molar refractivity (Wildman–Crippen MR) is 98.8 cm³/mol. The molecule has 3 aromatic rings. The first kappa shape index (κ1) is 16.1. The van der Waals surface area contributed by atoms with Crippen molar-refractivity contribution < 1.29 is 0 Å². The molecule has 7 heteroatoms. The zero-order valence-corrected chi connectivity index (χ0v) is 14.9. The van der Waals surface area contributed by atoms with Gasteiger partial charge in [0.15, 0.2) is 5.13 Å². The van der Waals surface area contributed by atoms with Crippen LogP contribution in [0.25, 0.3) is 0 Å². The molecular weight excluding hydrogens is 332 g/mol. The first-order chi connectivity index (χ1) is 12.3. The molecule has 1 unspecified atom stereocenters. The summed E-state index contributed by atoms with van der Waals surface area (Å²) in [6.45, 7) is 3.92. The molecule has 0 spiro atoms. The smallest absolute Gasteiger partial charge is 0.188 e. The number of thiazole rings is 1. The van der Waals surface area contributed by atoms with Crippen LogP contribution in [0.3, 0.4) is 0 Å².